The zero-order chi connectivity index (χ0) is 23.2. The van der Waals surface area contributed by atoms with Crippen LogP contribution in [0.4, 0.5) is 5.69 Å². The van der Waals surface area contributed by atoms with Gasteiger partial charge in [-0.3, -0.25) is 9.69 Å². The van der Waals surface area contributed by atoms with Gasteiger partial charge < -0.3 is 14.6 Å². The van der Waals surface area contributed by atoms with E-state index in [4.69, 9.17) is 9.26 Å². The number of hydrogen-bond acceptors (Lipinski definition) is 7. The van der Waals surface area contributed by atoms with E-state index < -0.39 is 0 Å². The van der Waals surface area contributed by atoms with Crippen molar-refractivity contribution in [1.82, 2.24) is 15.0 Å². The van der Waals surface area contributed by atoms with E-state index in [0.717, 1.165) is 36.0 Å². The van der Waals surface area contributed by atoms with Crippen LogP contribution in [0.3, 0.4) is 0 Å². The first-order chi connectivity index (χ1) is 16.0. The van der Waals surface area contributed by atoms with Crippen LogP contribution in [0.25, 0.3) is 11.4 Å². The number of halogens is 1. The highest BCUT2D eigenvalue weighted by atomic mass is 79.9. The van der Waals surface area contributed by atoms with Gasteiger partial charge in [0.15, 0.2) is 0 Å². The molecule has 172 valence electrons. The number of hydrogen-bond donors (Lipinski definition) is 1. The fraction of sp³-hybridized carbons (Fsp3) is 0.333. The highest BCUT2D eigenvalue weighted by Gasteiger charge is 2.26. The number of nitrogens with zero attached hydrogens (tertiary/aromatic N) is 3. The summed E-state index contributed by atoms with van der Waals surface area (Å²) in [7, 11) is 0. The molecule has 1 N–H and O–H groups in total. The number of ether oxygens (including phenoxy) is 1. The summed E-state index contributed by atoms with van der Waals surface area (Å²) >= 11 is 3.45. The number of rotatable bonds is 7. The van der Waals surface area contributed by atoms with Crippen LogP contribution < -0.4 is 5.32 Å². The topological polar surface area (TPSA) is 97.6 Å². The Morgan fingerprint density at radius 2 is 1.94 bits per heavy atom. The van der Waals surface area contributed by atoms with Crippen molar-refractivity contribution in [3.8, 4) is 11.4 Å². The number of aromatic nitrogens is 2. The summed E-state index contributed by atoms with van der Waals surface area (Å²) in [6, 6.07) is 14.5. The second-order valence-corrected chi connectivity index (χ2v) is 8.78. The SMILES string of the molecule is CCOC(=O)c1ccc(NC(=O)C2CCN(Cc3nc(-c4cccc(Br)c4)no3)CC2)cc1. The van der Waals surface area contributed by atoms with Crippen LogP contribution in [0, 0.1) is 5.92 Å². The molecule has 1 fully saturated rings. The Balaban J connectivity index is 1.26. The lowest BCUT2D eigenvalue weighted by Gasteiger charge is -2.30. The van der Waals surface area contributed by atoms with Crippen molar-refractivity contribution < 1.29 is 18.8 Å². The Labute approximate surface area is 200 Å². The molecule has 1 aliphatic rings. The van der Waals surface area contributed by atoms with Gasteiger partial charge in [-0.25, -0.2) is 4.79 Å². The minimum absolute atomic E-state index is 0.00624. The van der Waals surface area contributed by atoms with Crippen LogP contribution in [-0.2, 0) is 16.1 Å². The van der Waals surface area contributed by atoms with Crippen molar-refractivity contribution in [3.63, 3.8) is 0 Å². The molecule has 0 saturated carbocycles. The molecule has 0 aliphatic carbocycles. The van der Waals surface area contributed by atoms with Gasteiger partial charge in [-0.15, -0.1) is 0 Å². The van der Waals surface area contributed by atoms with E-state index in [0.29, 0.717) is 36.1 Å². The molecule has 0 radical (unpaired) electrons. The number of anilines is 1. The average Bonchev–Trinajstić information content (AvgIpc) is 3.29. The molecule has 2 heterocycles. The summed E-state index contributed by atoms with van der Waals surface area (Å²) in [6.45, 7) is 4.20. The largest absolute Gasteiger partial charge is 0.462 e. The van der Waals surface area contributed by atoms with Crippen molar-refractivity contribution in [1.29, 1.82) is 0 Å². The first-order valence-corrected chi connectivity index (χ1v) is 11.7. The van der Waals surface area contributed by atoms with Crippen LogP contribution in [0.15, 0.2) is 57.5 Å². The fourth-order valence-electron chi connectivity index (χ4n) is 3.76. The number of benzene rings is 2. The first kappa shape index (κ1) is 23.1. The Kier molecular flexibility index (Phi) is 7.51. The van der Waals surface area contributed by atoms with Gasteiger partial charge in [0.1, 0.15) is 0 Å². The zero-order valence-electron chi connectivity index (χ0n) is 18.3. The zero-order valence-corrected chi connectivity index (χ0v) is 19.9. The van der Waals surface area contributed by atoms with Gasteiger partial charge >= 0.3 is 5.97 Å². The molecule has 4 rings (SSSR count). The molecule has 2 aromatic carbocycles. The van der Waals surface area contributed by atoms with Crippen LogP contribution in [0.2, 0.25) is 0 Å². The van der Waals surface area contributed by atoms with Gasteiger partial charge in [0.25, 0.3) is 0 Å². The highest BCUT2D eigenvalue weighted by Crippen LogP contribution is 2.23. The number of amides is 1. The Morgan fingerprint density at radius 1 is 1.18 bits per heavy atom. The van der Waals surface area contributed by atoms with Gasteiger partial charge in [0.2, 0.25) is 17.6 Å². The van der Waals surface area contributed by atoms with E-state index in [-0.39, 0.29) is 17.8 Å². The van der Waals surface area contributed by atoms with E-state index in [2.05, 4.69) is 36.3 Å². The molecule has 8 nitrogen and oxygen atoms in total. The molecule has 0 unspecified atom stereocenters. The number of carbonyl (C=O) groups excluding carboxylic acids is 2. The second kappa shape index (κ2) is 10.7. The van der Waals surface area contributed by atoms with Crippen molar-refractivity contribution in [2.75, 3.05) is 25.0 Å². The Bertz CT molecular complexity index is 1110. The van der Waals surface area contributed by atoms with Gasteiger partial charge in [0.05, 0.1) is 18.7 Å². The number of esters is 1. The summed E-state index contributed by atoms with van der Waals surface area (Å²) in [5, 5.41) is 7.03. The van der Waals surface area contributed by atoms with E-state index in [9.17, 15) is 9.59 Å². The van der Waals surface area contributed by atoms with Crippen LogP contribution >= 0.6 is 15.9 Å². The quantitative estimate of drug-likeness (QED) is 0.464. The Hall–Kier alpha value is -3.04. The molecular weight excluding hydrogens is 488 g/mol. The predicted octanol–water partition coefficient (Wildman–Crippen LogP) is 4.53. The molecule has 0 atom stereocenters. The predicted molar refractivity (Wildman–Crippen MR) is 126 cm³/mol. The monoisotopic (exact) mass is 512 g/mol. The minimum Gasteiger partial charge on any atom is -0.462 e. The van der Waals surface area contributed by atoms with E-state index in [1.807, 2.05) is 24.3 Å². The van der Waals surface area contributed by atoms with E-state index >= 15 is 0 Å². The van der Waals surface area contributed by atoms with E-state index in [1.165, 1.54) is 0 Å². The third kappa shape index (κ3) is 6.06. The third-order valence-electron chi connectivity index (χ3n) is 5.53. The molecule has 1 saturated heterocycles. The Morgan fingerprint density at radius 3 is 2.64 bits per heavy atom. The van der Waals surface area contributed by atoms with Crippen LogP contribution in [0.1, 0.15) is 36.0 Å². The fourth-order valence-corrected chi connectivity index (χ4v) is 4.16. The lowest BCUT2D eigenvalue weighted by atomic mass is 9.96. The maximum absolute atomic E-state index is 12.7. The minimum atomic E-state index is -0.368. The third-order valence-corrected chi connectivity index (χ3v) is 6.02. The number of likely N-dealkylation sites (tertiary alicyclic amines) is 1. The highest BCUT2D eigenvalue weighted by molar-refractivity contribution is 9.10. The van der Waals surface area contributed by atoms with Crippen LogP contribution in [0.5, 0.6) is 0 Å². The molecule has 3 aromatic rings. The molecule has 9 heteroatoms. The molecule has 1 amide bonds. The molecule has 1 aliphatic heterocycles. The van der Waals surface area contributed by atoms with Crippen molar-refractivity contribution in [2.24, 2.45) is 5.92 Å². The van der Waals surface area contributed by atoms with Crippen molar-refractivity contribution in [2.45, 2.75) is 26.3 Å². The molecular formula is C24H25BrN4O4. The van der Waals surface area contributed by atoms with Gasteiger partial charge in [0, 0.05) is 21.6 Å². The summed E-state index contributed by atoms with van der Waals surface area (Å²) in [6.07, 6.45) is 1.50. The second-order valence-electron chi connectivity index (χ2n) is 7.86. The van der Waals surface area contributed by atoms with Gasteiger partial charge in [-0.2, -0.15) is 4.98 Å². The molecule has 0 bridgehead atoms. The van der Waals surface area contributed by atoms with Crippen LogP contribution in [-0.4, -0.2) is 46.6 Å². The first-order valence-electron chi connectivity index (χ1n) is 10.9. The average molecular weight is 513 g/mol. The molecule has 0 spiro atoms. The van der Waals surface area contributed by atoms with Crippen molar-refractivity contribution in [3.05, 3.63) is 64.5 Å². The van der Waals surface area contributed by atoms with Crippen molar-refractivity contribution >= 4 is 33.5 Å². The molecule has 33 heavy (non-hydrogen) atoms. The lowest BCUT2D eigenvalue weighted by molar-refractivity contribution is -0.121. The van der Waals surface area contributed by atoms with E-state index in [1.54, 1.807) is 31.2 Å². The molecule has 1 aromatic heterocycles. The number of carbonyl (C=O) groups is 2. The summed E-state index contributed by atoms with van der Waals surface area (Å²) in [5.74, 6) is 0.691. The lowest BCUT2D eigenvalue weighted by Crippen LogP contribution is -2.37. The summed E-state index contributed by atoms with van der Waals surface area (Å²) in [4.78, 5) is 31.1. The smallest absolute Gasteiger partial charge is 0.338 e. The normalized spacial score (nSPS) is 14.7. The maximum Gasteiger partial charge on any atom is 0.338 e. The number of nitrogens with one attached hydrogen (secondary N) is 1. The standard InChI is InChI=1S/C24H25BrN4O4/c1-2-32-24(31)17-6-8-20(9-7-17)26-23(30)16-10-12-29(13-11-16)15-21-27-22(28-33-21)18-4-3-5-19(25)14-18/h3-9,14,16H,2,10-13,15H2,1H3,(H,26,30). The van der Waals surface area contributed by atoms with Gasteiger partial charge in [-0.05, 0) is 69.3 Å². The number of piperidine rings is 1. The summed E-state index contributed by atoms with van der Waals surface area (Å²) in [5.41, 5.74) is 2.03. The van der Waals surface area contributed by atoms with Gasteiger partial charge in [-0.1, -0.05) is 33.2 Å². The maximum atomic E-state index is 12.7. The summed E-state index contributed by atoms with van der Waals surface area (Å²) < 4.78 is 11.4.